The molecule has 1 aliphatic rings. The van der Waals surface area contributed by atoms with Gasteiger partial charge in [-0.25, -0.2) is 8.78 Å². The van der Waals surface area contributed by atoms with E-state index >= 15 is 0 Å². The molecule has 0 amide bonds. The summed E-state index contributed by atoms with van der Waals surface area (Å²) in [6, 6.07) is 11.5. The van der Waals surface area contributed by atoms with Crippen molar-refractivity contribution in [2.75, 3.05) is 19.6 Å². The number of aromatic nitrogens is 1. The number of halogens is 2. The van der Waals surface area contributed by atoms with Crippen LogP contribution >= 0.6 is 11.3 Å². The SMILES string of the molecule is O/N=c1\cc(-c2cc3sccc3cn2)oc2ccc(CCCN3CCC(F)(F)CC3)cc12. The van der Waals surface area contributed by atoms with Gasteiger partial charge in [0.15, 0.2) is 5.76 Å². The van der Waals surface area contributed by atoms with E-state index in [-0.39, 0.29) is 12.8 Å². The third-order valence-electron chi connectivity index (χ3n) is 6.03. The summed E-state index contributed by atoms with van der Waals surface area (Å²) in [5.74, 6) is -1.97. The third kappa shape index (κ3) is 4.38. The molecule has 1 fully saturated rings. The smallest absolute Gasteiger partial charge is 0.250 e. The fourth-order valence-electron chi connectivity index (χ4n) is 4.18. The summed E-state index contributed by atoms with van der Waals surface area (Å²) >= 11 is 1.63. The lowest BCUT2D eigenvalue weighted by atomic mass is 10.0. The van der Waals surface area contributed by atoms with Crippen molar-refractivity contribution in [2.24, 2.45) is 5.16 Å². The van der Waals surface area contributed by atoms with E-state index in [1.807, 2.05) is 41.9 Å². The first-order chi connectivity index (χ1) is 15.5. The molecule has 8 heteroatoms. The van der Waals surface area contributed by atoms with Gasteiger partial charge in [0, 0.05) is 53.7 Å². The van der Waals surface area contributed by atoms with Crippen LogP contribution in [0.15, 0.2) is 57.5 Å². The zero-order valence-corrected chi connectivity index (χ0v) is 18.2. The van der Waals surface area contributed by atoms with E-state index in [0.717, 1.165) is 40.4 Å². The number of nitrogens with zero attached hydrogens (tertiary/aromatic N) is 3. The molecule has 0 radical (unpaired) electrons. The topological polar surface area (TPSA) is 61.9 Å². The lowest BCUT2D eigenvalue weighted by molar-refractivity contribution is -0.0551. The summed E-state index contributed by atoms with van der Waals surface area (Å²) in [6.07, 6.45) is 3.39. The maximum Gasteiger partial charge on any atom is 0.250 e. The lowest BCUT2D eigenvalue weighted by Crippen LogP contribution is -2.39. The van der Waals surface area contributed by atoms with Crippen molar-refractivity contribution in [3.05, 3.63) is 58.9 Å². The van der Waals surface area contributed by atoms with Crippen LogP contribution in [0.1, 0.15) is 24.8 Å². The number of piperidine rings is 1. The summed E-state index contributed by atoms with van der Waals surface area (Å²) in [5, 5.41) is 17.4. The van der Waals surface area contributed by atoms with Crippen LogP contribution in [0.2, 0.25) is 0 Å². The molecule has 0 spiro atoms. The molecule has 0 saturated carbocycles. The van der Waals surface area contributed by atoms with E-state index in [0.29, 0.717) is 35.5 Å². The monoisotopic (exact) mass is 455 g/mol. The van der Waals surface area contributed by atoms with Gasteiger partial charge in [-0.3, -0.25) is 4.98 Å². The molecule has 5 nitrogen and oxygen atoms in total. The fraction of sp³-hybridized carbons (Fsp3) is 0.333. The van der Waals surface area contributed by atoms with Gasteiger partial charge in [0.2, 0.25) is 0 Å². The first kappa shape index (κ1) is 21.0. The Labute approximate surface area is 187 Å². The largest absolute Gasteiger partial charge is 0.454 e. The van der Waals surface area contributed by atoms with Gasteiger partial charge in [0.25, 0.3) is 5.92 Å². The Kier molecular flexibility index (Phi) is 5.65. The van der Waals surface area contributed by atoms with Crippen molar-refractivity contribution in [1.29, 1.82) is 0 Å². The lowest BCUT2D eigenvalue weighted by Gasteiger charge is -2.31. The highest BCUT2D eigenvalue weighted by Crippen LogP contribution is 2.28. The fourth-order valence-corrected chi connectivity index (χ4v) is 4.98. The number of pyridine rings is 1. The second-order valence-corrected chi connectivity index (χ2v) is 9.20. The summed E-state index contributed by atoms with van der Waals surface area (Å²) in [7, 11) is 0. The van der Waals surface area contributed by atoms with Crippen LogP contribution in [0.5, 0.6) is 0 Å². The number of fused-ring (bicyclic) bond motifs is 2. The predicted octanol–water partition coefficient (Wildman–Crippen LogP) is 5.66. The third-order valence-corrected chi connectivity index (χ3v) is 6.91. The molecular formula is C24H23F2N3O2S. The Bertz CT molecular complexity index is 1320. The van der Waals surface area contributed by atoms with Crippen molar-refractivity contribution in [1.82, 2.24) is 9.88 Å². The van der Waals surface area contributed by atoms with Crippen molar-refractivity contribution < 1.29 is 18.4 Å². The zero-order chi connectivity index (χ0) is 22.1. The standard InChI is InChI=1S/C24H23F2N3O2S/c25-24(26)6-9-29(10-7-24)8-1-2-16-3-4-21-18(12-16)19(28-30)13-22(31-21)20-14-23-17(15-27-20)5-11-32-23/h3-5,11-15,30H,1-2,6-10H2/b28-19+. The molecule has 166 valence electrons. The minimum atomic E-state index is -2.51. The van der Waals surface area contributed by atoms with Crippen LogP contribution in [0.25, 0.3) is 32.5 Å². The second-order valence-electron chi connectivity index (χ2n) is 8.26. The first-order valence-corrected chi connectivity index (χ1v) is 11.6. The molecule has 4 aromatic rings. The summed E-state index contributed by atoms with van der Waals surface area (Å²) < 4.78 is 33.8. The normalized spacial score (nSPS) is 17.4. The molecule has 5 rings (SSSR count). The van der Waals surface area contributed by atoms with Crippen LogP contribution in [0.4, 0.5) is 8.78 Å². The summed E-state index contributed by atoms with van der Waals surface area (Å²) in [4.78, 5) is 6.58. The molecule has 0 bridgehead atoms. The number of benzene rings is 1. The number of hydrogen-bond donors (Lipinski definition) is 1. The maximum atomic E-state index is 13.3. The van der Waals surface area contributed by atoms with Crippen molar-refractivity contribution >= 4 is 32.4 Å². The minimum absolute atomic E-state index is 0.0531. The highest BCUT2D eigenvalue weighted by Gasteiger charge is 2.33. The van der Waals surface area contributed by atoms with E-state index in [4.69, 9.17) is 4.42 Å². The van der Waals surface area contributed by atoms with Gasteiger partial charge in [-0.05, 0) is 54.6 Å². The average molecular weight is 456 g/mol. The van der Waals surface area contributed by atoms with Crippen LogP contribution in [-0.4, -0.2) is 40.6 Å². The van der Waals surface area contributed by atoms with E-state index in [9.17, 15) is 14.0 Å². The summed E-state index contributed by atoms with van der Waals surface area (Å²) in [6.45, 7) is 1.70. The van der Waals surface area contributed by atoms with E-state index in [1.54, 1.807) is 17.4 Å². The Balaban J connectivity index is 1.34. The Morgan fingerprint density at radius 3 is 2.81 bits per heavy atom. The van der Waals surface area contributed by atoms with Crippen LogP contribution < -0.4 is 5.36 Å². The number of aryl methyl sites for hydroxylation is 1. The highest BCUT2D eigenvalue weighted by atomic mass is 32.1. The molecule has 1 N–H and O–H groups in total. The number of likely N-dealkylation sites (tertiary alicyclic amines) is 1. The minimum Gasteiger partial charge on any atom is -0.454 e. The molecule has 4 heterocycles. The van der Waals surface area contributed by atoms with E-state index in [2.05, 4.69) is 15.0 Å². The number of alkyl halides is 2. The van der Waals surface area contributed by atoms with Gasteiger partial charge in [-0.1, -0.05) is 11.2 Å². The molecule has 1 saturated heterocycles. The van der Waals surface area contributed by atoms with Crippen molar-refractivity contribution in [3.63, 3.8) is 0 Å². The van der Waals surface area contributed by atoms with Gasteiger partial charge in [0.1, 0.15) is 16.6 Å². The maximum absolute atomic E-state index is 13.3. The number of hydrogen-bond acceptors (Lipinski definition) is 6. The van der Waals surface area contributed by atoms with Gasteiger partial charge >= 0.3 is 0 Å². The van der Waals surface area contributed by atoms with Crippen LogP contribution in [0.3, 0.4) is 0 Å². The Hall–Kier alpha value is -2.84. The molecule has 3 aromatic heterocycles. The van der Waals surface area contributed by atoms with Gasteiger partial charge in [-0.2, -0.15) is 0 Å². The molecule has 1 aliphatic heterocycles. The molecular weight excluding hydrogens is 432 g/mol. The van der Waals surface area contributed by atoms with Crippen LogP contribution in [-0.2, 0) is 6.42 Å². The number of rotatable bonds is 5. The molecule has 32 heavy (non-hydrogen) atoms. The van der Waals surface area contributed by atoms with Crippen LogP contribution in [0, 0.1) is 0 Å². The van der Waals surface area contributed by atoms with E-state index < -0.39 is 5.92 Å². The van der Waals surface area contributed by atoms with Gasteiger partial charge < -0.3 is 14.5 Å². The Morgan fingerprint density at radius 2 is 2.00 bits per heavy atom. The predicted molar refractivity (Wildman–Crippen MR) is 121 cm³/mol. The molecule has 0 atom stereocenters. The van der Waals surface area contributed by atoms with Gasteiger partial charge in [-0.15, -0.1) is 11.3 Å². The summed E-state index contributed by atoms with van der Waals surface area (Å²) in [5.41, 5.74) is 2.39. The quantitative estimate of drug-likeness (QED) is 0.311. The molecule has 0 aliphatic carbocycles. The van der Waals surface area contributed by atoms with Crippen molar-refractivity contribution in [2.45, 2.75) is 31.6 Å². The highest BCUT2D eigenvalue weighted by molar-refractivity contribution is 7.17. The van der Waals surface area contributed by atoms with E-state index in [1.165, 1.54) is 0 Å². The Morgan fingerprint density at radius 1 is 1.16 bits per heavy atom. The number of thiophene rings is 1. The van der Waals surface area contributed by atoms with Gasteiger partial charge in [0.05, 0.1) is 0 Å². The molecule has 1 aromatic carbocycles. The molecule has 0 unspecified atom stereocenters. The second kappa shape index (κ2) is 8.60. The van der Waals surface area contributed by atoms with Crippen molar-refractivity contribution in [3.8, 4) is 11.5 Å². The first-order valence-electron chi connectivity index (χ1n) is 10.7. The average Bonchev–Trinajstić information content (AvgIpc) is 3.27. The zero-order valence-electron chi connectivity index (χ0n) is 17.4.